The molecule has 1 aromatic heterocycles. The average Bonchev–Trinajstić information content (AvgIpc) is 3.54. The van der Waals surface area contributed by atoms with Crippen LogP contribution < -0.4 is 15.8 Å². The molecule has 3 aromatic rings. The highest BCUT2D eigenvalue weighted by atomic mass is 35.5. The fraction of sp³-hybridized carbons (Fsp3) is 0.464. The predicted molar refractivity (Wildman–Crippen MR) is 146 cm³/mol. The van der Waals surface area contributed by atoms with E-state index in [4.69, 9.17) is 16.6 Å². The second-order valence-corrected chi connectivity index (χ2v) is 11.0. The number of rotatable bonds is 7. The number of nitrogens with zero attached hydrogens (tertiary/aromatic N) is 4. The number of aromatic nitrogens is 2. The van der Waals surface area contributed by atoms with E-state index in [-0.39, 0.29) is 30.5 Å². The number of amides is 1. The van der Waals surface area contributed by atoms with Crippen LogP contribution in [-0.2, 0) is 11.3 Å². The summed E-state index contributed by atoms with van der Waals surface area (Å²) in [6.07, 6.45) is 0.839. The van der Waals surface area contributed by atoms with Gasteiger partial charge in [-0.15, -0.1) is 0 Å². The van der Waals surface area contributed by atoms with Gasteiger partial charge in [0.05, 0.1) is 10.9 Å². The number of carbonyl (C=O) groups is 1. The number of alkyl halides is 2. The zero-order valence-corrected chi connectivity index (χ0v) is 22.3. The molecule has 1 unspecified atom stereocenters. The first-order chi connectivity index (χ1) is 18.1. The predicted octanol–water partition coefficient (Wildman–Crippen LogP) is 4.41. The molecule has 1 N–H and O–H groups in total. The van der Waals surface area contributed by atoms with Gasteiger partial charge in [-0.2, -0.15) is 0 Å². The number of halogens is 3. The molecule has 1 aliphatic heterocycles. The Hall–Kier alpha value is -3.04. The molecule has 1 atom stereocenters. The third-order valence-corrected chi connectivity index (χ3v) is 7.39. The topological polar surface area (TPSA) is 70.5 Å². The number of hydrogen-bond acceptors (Lipinski definition) is 5. The Balaban J connectivity index is 1.46. The minimum absolute atomic E-state index is 0.0104. The van der Waals surface area contributed by atoms with E-state index < -0.39 is 11.8 Å². The second kappa shape index (κ2) is 10.6. The fourth-order valence-corrected chi connectivity index (χ4v) is 5.29. The van der Waals surface area contributed by atoms with Crippen molar-refractivity contribution in [3.63, 3.8) is 0 Å². The van der Waals surface area contributed by atoms with Gasteiger partial charge in [0.1, 0.15) is 12.4 Å². The first-order valence-corrected chi connectivity index (χ1v) is 13.4. The van der Waals surface area contributed by atoms with Crippen molar-refractivity contribution in [3.05, 3.63) is 57.8 Å². The Morgan fingerprint density at radius 1 is 1.16 bits per heavy atom. The second-order valence-electron chi connectivity index (χ2n) is 10.6. The summed E-state index contributed by atoms with van der Waals surface area (Å²) in [5.41, 5.74) is 1.75. The van der Waals surface area contributed by atoms with E-state index in [1.165, 1.54) is 4.57 Å². The maximum Gasteiger partial charge on any atom is 0.262 e. The van der Waals surface area contributed by atoms with Crippen LogP contribution in [0, 0.1) is 5.92 Å². The molecular weight excluding hydrogens is 512 g/mol. The summed E-state index contributed by atoms with van der Waals surface area (Å²) in [5.74, 6) is -2.94. The molecule has 1 amide bonds. The summed E-state index contributed by atoms with van der Waals surface area (Å²) in [6.45, 7) is 6.90. The van der Waals surface area contributed by atoms with E-state index in [0.717, 1.165) is 25.2 Å². The van der Waals surface area contributed by atoms with E-state index in [1.54, 1.807) is 18.2 Å². The quantitative estimate of drug-likeness (QED) is 0.478. The SMILES string of the molecule is CC(C)NC(=O)Cn1c(-c2cccc(Cl)c2)nc2ccc(N3CCCN(CC4CC4(F)F)CC3)cc2c1=O. The van der Waals surface area contributed by atoms with Gasteiger partial charge in [0.25, 0.3) is 11.5 Å². The number of hydrogen-bond donors (Lipinski definition) is 1. The molecular formula is C28H32ClF2N5O2. The minimum Gasteiger partial charge on any atom is -0.370 e. The lowest BCUT2D eigenvalue weighted by Crippen LogP contribution is -2.37. The van der Waals surface area contributed by atoms with Crippen molar-refractivity contribution in [2.45, 2.75) is 45.2 Å². The van der Waals surface area contributed by atoms with E-state index in [9.17, 15) is 18.4 Å². The normalized spacial score (nSPS) is 19.5. The molecule has 38 heavy (non-hydrogen) atoms. The molecule has 0 radical (unpaired) electrons. The van der Waals surface area contributed by atoms with Crippen LogP contribution in [0.3, 0.4) is 0 Å². The van der Waals surface area contributed by atoms with Crippen molar-refractivity contribution in [1.82, 2.24) is 19.8 Å². The Morgan fingerprint density at radius 2 is 1.95 bits per heavy atom. The van der Waals surface area contributed by atoms with Gasteiger partial charge in [0, 0.05) is 60.8 Å². The van der Waals surface area contributed by atoms with Crippen LogP contribution in [-0.4, -0.2) is 65.0 Å². The molecule has 7 nitrogen and oxygen atoms in total. The number of benzene rings is 2. The van der Waals surface area contributed by atoms with Gasteiger partial charge in [0.15, 0.2) is 0 Å². The number of anilines is 1. The molecule has 1 saturated heterocycles. The van der Waals surface area contributed by atoms with E-state index in [2.05, 4.69) is 15.1 Å². The van der Waals surface area contributed by atoms with Crippen LogP contribution in [0.15, 0.2) is 47.3 Å². The third kappa shape index (κ3) is 5.83. The van der Waals surface area contributed by atoms with Gasteiger partial charge in [-0.3, -0.25) is 14.2 Å². The molecule has 0 bridgehead atoms. The maximum atomic E-state index is 13.8. The number of nitrogens with one attached hydrogen (secondary N) is 1. The van der Waals surface area contributed by atoms with Crippen molar-refractivity contribution < 1.29 is 13.6 Å². The third-order valence-electron chi connectivity index (χ3n) is 7.16. The molecule has 1 aliphatic carbocycles. The largest absolute Gasteiger partial charge is 0.370 e. The molecule has 10 heteroatoms. The molecule has 2 aliphatic rings. The Morgan fingerprint density at radius 3 is 2.66 bits per heavy atom. The minimum atomic E-state index is -2.51. The molecule has 202 valence electrons. The Kier molecular flexibility index (Phi) is 7.42. The molecule has 5 rings (SSSR count). The van der Waals surface area contributed by atoms with Crippen LogP contribution >= 0.6 is 11.6 Å². The summed E-state index contributed by atoms with van der Waals surface area (Å²) in [5, 5.41) is 3.77. The van der Waals surface area contributed by atoms with E-state index in [0.29, 0.717) is 46.9 Å². The number of fused-ring (bicyclic) bond motifs is 1. The Bertz CT molecular complexity index is 1410. The van der Waals surface area contributed by atoms with Crippen molar-refractivity contribution in [1.29, 1.82) is 0 Å². The fourth-order valence-electron chi connectivity index (χ4n) is 5.10. The first kappa shape index (κ1) is 26.6. The maximum absolute atomic E-state index is 13.8. The summed E-state index contributed by atoms with van der Waals surface area (Å²) >= 11 is 6.21. The van der Waals surface area contributed by atoms with Gasteiger partial charge >= 0.3 is 0 Å². The molecule has 2 heterocycles. The summed E-state index contributed by atoms with van der Waals surface area (Å²) in [4.78, 5) is 35.5. The average molecular weight is 544 g/mol. The van der Waals surface area contributed by atoms with Crippen LogP contribution in [0.5, 0.6) is 0 Å². The first-order valence-electron chi connectivity index (χ1n) is 13.1. The highest BCUT2D eigenvalue weighted by Crippen LogP contribution is 2.48. The van der Waals surface area contributed by atoms with Crippen LogP contribution in [0.4, 0.5) is 14.5 Å². The lowest BCUT2D eigenvalue weighted by molar-refractivity contribution is -0.122. The Labute approximate surface area is 225 Å². The highest BCUT2D eigenvalue weighted by molar-refractivity contribution is 6.30. The van der Waals surface area contributed by atoms with Gasteiger partial charge in [-0.05, 0) is 57.1 Å². The van der Waals surface area contributed by atoms with Crippen molar-refractivity contribution in [2.75, 3.05) is 37.6 Å². The zero-order chi connectivity index (χ0) is 27.0. The standard InChI is InChI=1S/C28H32ClF2N5O2/c1-18(2)32-25(37)17-36-26(19-5-3-6-21(29)13-19)33-24-8-7-22(14-23(24)27(36)38)35-10-4-9-34(11-12-35)16-20-15-28(20,30)31/h3,5-8,13-14,18,20H,4,9-12,15-17H2,1-2H3,(H,32,37). The lowest BCUT2D eigenvalue weighted by Gasteiger charge is -2.24. The van der Waals surface area contributed by atoms with Gasteiger partial charge in [0.2, 0.25) is 5.91 Å². The molecule has 2 fully saturated rings. The summed E-state index contributed by atoms with van der Waals surface area (Å²) in [6, 6.07) is 12.6. The molecule has 2 aromatic carbocycles. The van der Waals surface area contributed by atoms with Crippen LogP contribution in [0.1, 0.15) is 26.7 Å². The smallest absolute Gasteiger partial charge is 0.262 e. The lowest BCUT2D eigenvalue weighted by atomic mass is 10.1. The van der Waals surface area contributed by atoms with Gasteiger partial charge in [-0.1, -0.05) is 23.7 Å². The summed E-state index contributed by atoms with van der Waals surface area (Å²) < 4.78 is 28.2. The zero-order valence-electron chi connectivity index (χ0n) is 21.6. The van der Waals surface area contributed by atoms with Crippen LogP contribution in [0.2, 0.25) is 5.02 Å². The monoisotopic (exact) mass is 543 g/mol. The van der Waals surface area contributed by atoms with Crippen molar-refractivity contribution in [3.8, 4) is 11.4 Å². The highest BCUT2D eigenvalue weighted by Gasteiger charge is 2.56. The number of carbonyl (C=O) groups excluding carboxylic acids is 1. The molecule has 0 spiro atoms. The van der Waals surface area contributed by atoms with Crippen molar-refractivity contribution in [2.24, 2.45) is 5.92 Å². The van der Waals surface area contributed by atoms with Crippen molar-refractivity contribution >= 4 is 34.1 Å². The van der Waals surface area contributed by atoms with Gasteiger partial charge < -0.3 is 15.1 Å². The molecule has 1 saturated carbocycles. The van der Waals surface area contributed by atoms with Crippen LogP contribution in [0.25, 0.3) is 22.3 Å². The summed E-state index contributed by atoms with van der Waals surface area (Å²) in [7, 11) is 0. The van der Waals surface area contributed by atoms with E-state index >= 15 is 0 Å². The van der Waals surface area contributed by atoms with E-state index in [1.807, 2.05) is 38.1 Å². The van der Waals surface area contributed by atoms with Gasteiger partial charge in [-0.25, -0.2) is 13.8 Å².